The number of ether oxygens (including phenoxy) is 3. The van der Waals surface area contributed by atoms with E-state index in [0.29, 0.717) is 17.2 Å². The highest BCUT2D eigenvalue weighted by atomic mass is 32.2. The number of halogens is 3. The van der Waals surface area contributed by atoms with Gasteiger partial charge in [0.2, 0.25) is 0 Å². The number of fused-ring (bicyclic) bond motifs is 2. The molecule has 31 heavy (non-hydrogen) atoms. The molecule has 3 atom stereocenters. The molecule has 2 bridgehead atoms. The van der Waals surface area contributed by atoms with Gasteiger partial charge in [0, 0.05) is 16.9 Å². The molecule has 3 unspecified atom stereocenters. The van der Waals surface area contributed by atoms with Crippen molar-refractivity contribution in [2.24, 2.45) is 0 Å². The Morgan fingerprint density at radius 3 is 2.55 bits per heavy atom. The summed E-state index contributed by atoms with van der Waals surface area (Å²) in [5.41, 5.74) is -0.399. The highest BCUT2D eigenvalue weighted by Crippen LogP contribution is 2.56. The van der Waals surface area contributed by atoms with E-state index in [9.17, 15) is 26.4 Å². The minimum atomic E-state index is -4.98. The van der Waals surface area contributed by atoms with Crippen molar-refractivity contribution in [2.45, 2.75) is 48.6 Å². The van der Waals surface area contributed by atoms with Gasteiger partial charge >= 0.3 is 12.3 Å². The second-order valence-electron chi connectivity index (χ2n) is 7.43. The molecule has 0 amide bonds. The zero-order valence-corrected chi connectivity index (χ0v) is 18.1. The maximum absolute atomic E-state index is 12.9. The number of hydrogen-bond acceptors (Lipinski definition) is 7. The molecule has 1 N–H and O–H groups in total. The van der Waals surface area contributed by atoms with Crippen LogP contribution in [0.5, 0.6) is 11.5 Å². The van der Waals surface area contributed by atoms with Crippen molar-refractivity contribution in [3.63, 3.8) is 0 Å². The van der Waals surface area contributed by atoms with Gasteiger partial charge in [-0.15, -0.1) is 13.2 Å². The summed E-state index contributed by atoms with van der Waals surface area (Å²) in [6.07, 6.45) is -2.59. The number of benzene rings is 1. The molecule has 172 valence electrons. The Morgan fingerprint density at radius 2 is 2.03 bits per heavy atom. The van der Waals surface area contributed by atoms with E-state index in [1.54, 1.807) is 18.7 Å². The van der Waals surface area contributed by atoms with Gasteiger partial charge in [-0.3, -0.25) is 4.55 Å². The van der Waals surface area contributed by atoms with Crippen LogP contribution in [0.25, 0.3) is 0 Å². The van der Waals surface area contributed by atoms with Gasteiger partial charge in [0.25, 0.3) is 10.1 Å². The SMILES string of the molecule is C=C(C)C1(Oc2cc(C(=O)OCCS(=O)(=O)O)ccc2OC(F)(F)F)CC2CCC1S2. The van der Waals surface area contributed by atoms with E-state index in [0.717, 1.165) is 31.0 Å². The van der Waals surface area contributed by atoms with Gasteiger partial charge < -0.3 is 14.2 Å². The average molecular weight is 482 g/mol. The van der Waals surface area contributed by atoms with E-state index in [1.165, 1.54) is 0 Å². The summed E-state index contributed by atoms with van der Waals surface area (Å²) in [4.78, 5) is 12.2. The van der Waals surface area contributed by atoms with Crippen molar-refractivity contribution in [3.05, 3.63) is 35.9 Å². The lowest BCUT2D eigenvalue weighted by Gasteiger charge is -2.38. The lowest BCUT2D eigenvalue weighted by Crippen LogP contribution is -2.45. The quantitative estimate of drug-likeness (QED) is 0.337. The van der Waals surface area contributed by atoms with Gasteiger partial charge in [-0.2, -0.15) is 20.2 Å². The van der Waals surface area contributed by atoms with Crippen LogP contribution >= 0.6 is 11.8 Å². The maximum Gasteiger partial charge on any atom is 0.573 e. The molecule has 2 aliphatic rings. The van der Waals surface area contributed by atoms with E-state index in [2.05, 4.69) is 11.3 Å². The summed E-state index contributed by atoms with van der Waals surface area (Å²) < 4.78 is 83.9. The fourth-order valence-corrected chi connectivity index (χ4v) is 5.97. The molecule has 0 spiro atoms. The monoisotopic (exact) mass is 482 g/mol. The zero-order chi connectivity index (χ0) is 23.0. The van der Waals surface area contributed by atoms with Gasteiger partial charge in [0.05, 0.1) is 5.56 Å². The first-order valence-electron chi connectivity index (χ1n) is 9.31. The number of hydrogen-bond donors (Lipinski definition) is 1. The van der Waals surface area contributed by atoms with Crippen molar-refractivity contribution in [3.8, 4) is 11.5 Å². The van der Waals surface area contributed by atoms with Crippen LogP contribution in [0.2, 0.25) is 0 Å². The molecule has 0 radical (unpaired) electrons. The molecule has 1 aromatic rings. The largest absolute Gasteiger partial charge is 0.573 e. The number of thioether (sulfide) groups is 1. The van der Waals surface area contributed by atoms with E-state index >= 15 is 0 Å². The normalized spacial score (nSPS) is 25.3. The molecule has 2 fully saturated rings. The summed E-state index contributed by atoms with van der Waals surface area (Å²) in [5.74, 6) is -2.71. The molecular formula is C19H21F3O7S2. The van der Waals surface area contributed by atoms with Crippen LogP contribution in [-0.4, -0.2) is 53.8 Å². The number of carbonyl (C=O) groups is 1. The van der Waals surface area contributed by atoms with E-state index in [1.807, 2.05) is 0 Å². The predicted octanol–water partition coefficient (Wildman–Crippen LogP) is 3.99. The van der Waals surface area contributed by atoms with Crippen LogP contribution in [0.3, 0.4) is 0 Å². The van der Waals surface area contributed by atoms with Crippen LogP contribution in [0, 0.1) is 0 Å². The van der Waals surface area contributed by atoms with Gasteiger partial charge in [-0.25, -0.2) is 4.79 Å². The third-order valence-corrected chi connectivity index (χ3v) is 7.57. The second kappa shape index (κ2) is 8.55. The van der Waals surface area contributed by atoms with E-state index < -0.39 is 46.2 Å². The molecule has 0 aromatic heterocycles. The first-order valence-corrected chi connectivity index (χ1v) is 11.9. The minimum Gasteiger partial charge on any atom is -0.478 e. The molecule has 2 heterocycles. The van der Waals surface area contributed by atoms with Crippen LogP contribution in [0.4, 0.5) is 13.2 Å². The Balaban J connectivity index is 1.89. The molecule has 3 rings (SSSR count). The highest BCUT2D eigenvalue weighted by Gasteiger charge is 2.54. The lowest BCUT2D eigenvalue weighted by molar-refractivity contribution is -0.275. The first-order chi connectivity index (χ1) is 14.3. The summed E-state index contributed by atoms with van der Waals surface area (Å²) in [6, 6.07) is 3.06. The number of rotatable bonds is 8. The smallest absolute Gasteiger partial charge is 0.478 e. The molecule has 1 aromatic carbocycles. The fourth-order valence-electron chi connectivity index (χ4n) is 3.76. The summed E-state index contributed by atoms with van der Waals surface area (Å²) >= 11 is 1.71. The zero-order valence-electron chi connectivity index (χ0n) is 16.5. The van der Waals surface area contributed by atoms with Crippen LogP contribution in [0.1, 0.15) is 36.5 Å². The lowest BCUT2D eigenvalue weighted by atomic mass is 9.80. The number of carbonyl (C=O) groups excluding carboxylic acids is 1. The molecule has 0 saturated carbocycles. The third kappa shape index (κ3) is 5.66. The summed E-state index contributed by atoms with van der Waals surface area (Å²) in [5, 5.41) is 0.321. The van der Waals surface area contributed by atoms with Crippen molar-refractivity contribution < 1.29 is 45.1 Å². The summed E-state index contributed by atoms with van der Waals surface area (Å²) in [6.45, 7) is 5.10. The Bertz CT molecular complexity index is 977. The van der Waals surface area contributed by atoms with Gasteiger partial charge in [0.15, 0.2) is 11.5 Å². The Labute approximate surface area is 181 Å². The van der Waals surface area contributed by atoms with Gasteiger partial charge in [-0.05, 0) is 43.5 Å². The topological polar surface area (TPSA) is 99.1 Å². The van der Waals surface area contributed by atoms with Crippen molar-refractivity contribution >= 4 is 27.8 Å². The van der Waals surface area contributed by atoms with E-state index in [4.69, 9.17) is 14.0 Å². The Hall–Kier alpha value is -1.92. The average Bonchev–Trinajstić information content (AvgIpc) is 3.22. The highest BCUT2D eigenvalue weighted by molar-refractivity contribution is 8.01. The molecular weight excluding hydrogens is 461 g/mol. The van der Waals surface area contributed by atoms with Gasteiger partial charge in [0.1, 0.15) is 18.0 Å². The first kappa shape index (κ1) is 23.7. The Morgan fingerprint density at radius 1 is 1.32 bits per heavy atom. The van der Waals surface area contributed by atoms with E-state index in [-0.39, 0.29) is 16.6 Å². The molecule has 7 nitrogen and oxygen atoms in total. The predicted molar refractivity (Wildman–Crippen MR) is 107 cm³/mol. The van der Waals surface area contributed by atoms with Crippen LogP contribution in [0.15, 0.2) is 30.4 Å². The Kier molecular flexibility index (Phi) is 6.55. The standard InChI is InChI=1S/C19H21F3O7S2/c1-11(2)18(10-13-4-6-16(18)30-13)28-15-9-12(3-5-14(15)29-19(20,21)22)17(23)27-7-8-31(24,25)26/h3,5,9,13,16H,1,4,6-8,10H2,2H3,(H,24,25,26). The molecule has 2 saturated heterocycles. The number of esters is 1. The second-order valence-corrected chi connectivity index (χ2v) is 10.5. The maximum atomic E-state index is 12.9. The fraction of sp³-hybridized carbons (Fsp3) is 0.526. The molecule has 2 aliphatic heterocycles. The summed E-state index contributed by atoms with van der Waals surface area (Å²) in [7, 11) is -4.33. The van der Waals surface area contributed by atoms with Crippen molar-refractivity contribution in [1.82, 2.24) is 0 Å². The van der Waals surface area contributed by atoms with Crippen molar-refractivity contribution in [2.75, 3.05) is 12.4 Å². The molecule has 0 aliphatic carbocycles. The van der Waals surface area contributed by atoms with Crippen molar-refractivity contribution in [1.29, 1.82) is 0 Å². The number of alkyl halides is 3. The third-order valence-electron chi connectivity index (χ3n) is 5.15. The minimum absolute atomic E-state index is 0.0131. The van der Waals surface area contributed by atoms with Gasteiger partial charge in [-0.1, -0.05) is 6.58 Å². The van der Waals surface area contributed by atoms with Crippen LogP contribution in [-0.2, 0) is 14.9 Å². The molecule has 12 heteroatoms. The van der Waals surface area contributed by atoms with Crippen LogP contribution < -0.4 is 9.47 Å².